The molecule has 11 nitrogen and oxygen atoms in total. The van der Waals surface area contributed by atoms with Crippen molar-refractivity contribution in [3.05, 3.63) is 41.7 Å². The highest BCUT2D eigenvalue weighted by atomic mass is 32.2. The summed E-state index contributed by atoms with van der Waals surface area (Å²) in [7, 11) is -3.83. The van der Waals surface area contributed by atoms with Crippen LogP contribution in [0.3, 0.4) is 0 Å². The van der Waals surface area contributed by atoms with Crippen molar-refractivity contribution in [1.29, 1.82) is 0 Å². The summed E-state index contributed by atoms with van der Waals surface area (Å²) in [4.78, 5) is 24.4. The second kappa shape index (κ2) is 13.3. The Morgan fingerprint density at radius 1 is 1.15 bits per heavy atom. The molecule has 0 unspecified atom stereocenters. The molecule has 0 bridgehead atoms. The average molecular weight is 676 g/mol. The van der Waals surface area contributed by atoms with Crippen LogP contribution in [0.5, 0.6) is 0 Å². The van der Waals surface area contributed by atoms with Crippen LogP contribution >= 0.6 is 0 Å². The van der Waals surface area contributed by atoms with E-state index in [0.717, 1.165) is 0 Å². The molecule has 3 fully saturated rings. The fraction of sp³-hybridized carbons (Fsp3) is 0.621. The molecular formula is C29H38F5N7O4S. The van der Waals surface area contributed by atoms with Crippen molar-refractivity contribution in [2.24, 2.45) is 5.73 Å². The van der Waals surface area contributed by atoms with Gasteiger partial charge in [-0.15, -0.1) is 0 Å². The second-order valence-electron chi connectivity index (χ2n) is 12.3. The van der Waals surface area contributed by atoms with Gasteiger partial charge in [-0.2, -0.15) is 17.5 Å². The molecular weight excluding hydrogens is 637 g/mol. The molecule has 254 valence electrons. The molecule has 2 aromatic rings. The summed E-state index contributed by atoms with van der Waals surface area (Å²) in [5, 5.41) is 11.7. The number of nitrogens with two attached hydrogens (primary N) is 1. The van der Waals surface area contributed by atoms with E-state index in [1.54, 1.807) is 30.0 Å². The van der Waals surface area contributed by atoms with Gasteiger partial charge in [-0.05, 0) is 56.5 Å². The van der Waals surface area contributed by atoms with Gasteiger partial charge in [0.15, 0.2) is 6.10 Å². The number of piperazine rings is 1. The number of hydrogen-bond acceptors (Lipinski definition) is 9. The molecule has 46 heavy (non-hydrogen) atoms. The number of carbonyl (C=O) groups excluding carboxylic acids is 1. The number of nitrogens with one attached hydrogen (secondary N) is 1. The Kier molecular flexibility index (Phi) is 9.90. The fourth-order valence-electron chi connectivity index (χ4n) is 6.14. The van der Waals surface area contributed by atoms with Gasteiger partial charge in [-0.25, -0.2) is 27.2 Å². The van der Waals surface area contributed by atoms with E-state index in [4.69, 9.17) is 5.73 Å². The van der Waals surface area contributed by atoms with Gasteiger partial charge in [0.1, 0.15) is 11.8 Å². The van der Waals surface area contributed by atoms with E-state index in [1.807, 2.05) is 0 Å². The van der Waals surface area contributed by atoms with Crippen molar-refractivity contribution in [1.82, 2.24) is 19.6 Å². The first-order valence-corrected chi connectivity index (χ1v) is 16.6. The van der Waals surface area contributed by atoms with Crippen molar-refractivity contribution in [2.45, 2.75) is 80.1 Å². The van der Waals surface area contributed by atoms with E-state index in [2.05, 4.69) is 15.3 Å². The molecule has 0 spiro atoms. The number of amides is 1. The lowest BCUT2D eigenvalue weighted by molar-refractivity contribution is -0.202. The van der Waals surface area contributed by atoms with Crippen LogP contribution in [0.25, 0.3) is 0 Å². The topological polar surface area (TPSA) is 145 Å². The largest absolute Gasteiger partial charge is 0.415 e. The lowest BCUT2D eigenvalue weighted by atomic mass is 9.79. The Balaban J connectivity index is 1.18. The summed E-state index contributed by atoms with van der Waals surface area (Å²) in [6.07, 6.45) is -9.98. The second-order valence-corrected chi connectivity index (χ2v) is 14.2. The van der Waals surface area contributed by atoms with E-state index in [1.165, 1.54) is 21.3 Å². The van der Waals surface area contributed by atoms with Gasteiger partial charge < -0.3 is 26.0 Å². The highest BCUT2D eigenvalue weighted by Gasteiger charge is 2.46. The average Bonchev–Trinajstić information content (AvgIpc) is 3.34. The maximum Gasteiger partial charge on any atom is 0.415 e. The van der Waals surface area contributed by atoms with E-state index < -0.39 is 46.7 Å². The van der Waals surface area contributed by atoms with Gasteiger partial charge in [0.2, 0.25) is 21.9 Å². The van der Waals surface area contributed by atoms with Crippen LogP contribution in [0.1, 0.15) is 37.1 Å². The Labute approximate surface area is 264 Å². The number of anilines is 2. The van der Waals surface area contributed by atoms with Crippen LogP contribution in [0.2, 0.25) is 0 Å². The molecule has 17 heteroatoms. The standard InChI is InChI=1S/C29H38F5N7O4S/c1-18-12-21(15-28(31)7-6-20(14-24(28)30)36-16-25(42)29(32,33)34)38-27(37-18)39-8-10-40(11-9-39)46(44,45)23-4-2-22(3-5-23)41-17-19(35)13-26(41)43/h2-5,12,19-20,24-25,36,42H,6-11,13-17,35H2,1H3/t19-,20-,24-,25-,28-/m1/s1. The highest BCUT2D eigenvalue weighted by Crippen LogP contribution is 2.38. The predicted octanol–water partition coefficient (Wildman–Crippen LogP) is 2.01. The molecule has 4 N–H and O–H groups in total. The van der Waals surface area contributed by atoms with Crippen LogP contribution in [0.4, 0.5) is 33.6 Å². The molecule has 5 rings (SSSR count). The first-order chi connectivity index (χ1) is 21.5. The van der Waals surface area contributed by atoms with E-state index in [0.29, 0.717) is 17.9 Å². The number of alkyl halides is 5. The number of halogens is 5. The smallest absolute Gasteiger partial charge is 0.382 e. The van der Waals surface area contributed by atoms with Crippen LogP contribution in [0, 0.1) is 6.92 Å². The van der Waals surface area contributed by atoms with Gasteiger partial charge in [-0.1, -0.05) is 0 Å². The molecule has 3 heterocycles. The van der Waals surface area contributed by atoms with Gasteiger partial charge in [0.05, 0.1) is 4.90 Å². The zero-order chi connectivity index (χ0) is 33.4. The Bertz CT molecular complexity index is 1510. The quantitative estimate of drug-likeness (QED) is 0.340. The number of aromatic nitrogens is 2. The van der Waals surface area contributed by atoms with Gasteiger partial charge in [-0.3, -0.25) is 4.79 Å². The normalized spacial score (nSPS) is 27.3. The maximum atomic E-state index is 15.8. The monoisotopic (exact) mass is 675 g/mol. The van der Waals surface area contributed by atoms with Crippen molar-refractivity contribution in [3.8, 4) is 0 Å². The summed E-state index contributed by atoms with van der Waals surface area (Å²) in [5.74, 6) is 0.150. The zero-order valence-corrected chi connectivity index (χ0v) is 26.1. The SMILES string of the molecule is Cc1cc(C[C@]2(F)CC[C@@H](NC[C@@H](O)C(F)(F)F)C[C@H]2F)nc(N2CCN(S(=O)(=O)c3ccc(N4C[C@H](N)CC4=O)cc3)CC2)n1. The molecule has 0 radical (unpaired) electrons. The van der Waals surface area contributed by atoms with Gasteiger partial charge in [0.25, 0.3) is 0 Å². The number of aliphatic hydroxyl groups is 1. The number of benzene rings is 1. The summed E-state index contributed by atoms with van der Waals surface area (Å²) in [6.45, 7) is 2.03. The van der Waals surface area contributed by atoms with Crippen LogP contribution in [-0.2, 0) is 21.2 Å². The third kappa shape index (κ3) is 7.59. The van der Waals surface area contributed by atoms with Crippen LogP contribution < -0.4 is 20.9 Å². The number of hydrogen-bond donors (Lipinski definition) is 3. The molecule has 2 aliphatic heterocycles. The number of aryl methyl sites for hydroxylation is 1. The Hall–Kier alpha value is -2.99. The minimum atomic E-state index is -4.80. The molecule has 1 aliphatic carbocycles. The number of sulfonamides is 1. The third-order valence-corrected chi connectivity index (χ3v) is 10.7. The van der Waals surface area contributed by atoms with Crippen LogP contribution in [-0.4, -0.2) is 109 Å². The van der Waals surface area contributed by atoms with E-state index >= 15 is 8.78 Å². The third-order valence-electron chi connectivity index (χ3n) is 8.77. The van der Waals surface area contributed by atoms with Crippen molar-refractivity contribution in [2.75, 3.05) is 49.1 Å². The lowest BCUT2D eigenvalue weighted by Gasteiger charge is -2.38. The summed E-state index contributed by atoms with van der Waals surface area (Å²) in [6, 6.07) is 6.67. The lowest BCUT2D eigenvalue weighted by Crippen LogP contribution is -2.51. The molecule has 3 aliphatic rings. The number of carbonyl (C=O) groups is 1. The first-order valence-electron chi connectivity index (χ1n) is 15.1. The van der Waals surface area contributed by atoms with Crippen LogP contribution in [0.15, 0.2) is 35.2 Å². The highest BCUT2D eigenvalue weighted by molar-refractivity contribution is 7.89. The fourth-order valence-corrected chi connectivity index (χ4v) is 7.56. The molecule has 1 saturated carbocycles. The number of nitrogens with zero attached hydrogens (tertiary/aromatic N) is 5. The van der Waals surface area contributed by atoms with E-state index in [-0.39, 0.29) is 86.8 Å². The molecule has 2 saturated heterocycles. The summed E-state index contributed by atoms with van der Waals surface area (Å²) < 4.78 is 96.7. The van der Waals surface area contributed by atoms with Crippen molar-refractivity contribution >= 4 is 27.6 Å². The maximum absolute atomic E-state index is 15.8. The first kappa shape index (κ1) is 34.3. The zero-order valence-electron chi connectivity index (χ0n) is 25.3. The number of rotatable bonds is 9. The molecule has 1 amide bonds. The Morgan fingerprint density at radius 3 is 2.41 bits per heavy atom. The van der Waals surface area contributed by atoms with Crippen molar-refractivity contribution in [3.63, 3.8) is 0 Å². The van der Waals surface area contributed by atoms with Crippen molar-refractivity contribution < 1.29 is 40.3 Å². The molecule has 1 aromatic heterocycles. The van der Waals surface area contributed by atoms with E-state index in [9.17, 15) is 31.5 Å². The predicted molar refractivity (Wildman–Crippen MR) is 159 cm³/mol. The summed E-state index contributed by atoms with van der Waals surface area (Å²) in [5.41, 5.74) is 4.93. The Morgan fingerprint density at radius 2 is 1.83 bits per heavy atom. The minimum Gasteiger partial charge on any atom is -0.382 e. The van der Waals surface area contributed by atoms with Gasteiger partial charge >= 0.3 is 6.18 Å². The number of aliphatic hydroxyl groups excluding tert-OH is 1. The minimum absolute atomic E-state index is 0.0854. The van der Waals surface area contributed by atoms with Gasteiger partial charge in [0, 0.05) is 81.3 Å². The summed E-state index contributed by atoms with van der Waals surface area (Å²) >= 11 is 0. The molecule has 1 aromatic carbocycles. The molecule has 5 atom stereocenters.